The SMILES string of the molecule is CCc1ccc(S(=O)(=O)N2CCC(Oc3cnc4ccccc4n3)CC2)cc1. The van der Waals surface area contributed by atoms with Crippen LogP contribution in [-0.2, 0) is 16.4 Å². The Hall–Kier alpha value is -2.51. The normalized spacial score (nSPS) is 16.3. The van der Waals surface area contributed by atoms with Gasteiger partial charge in [0.15, 0.2) is 0 Å². The Bertz CT molecular complexity index is 1060. The number of rotatable bonds is 5. The minimum Gasteiger partial charge on any atom is -0.473 e. The summed E-state index contributed by atoms with van der Waals surface area (Å²) in [7, 11) is -3.46. The zero-order valence-electron chi connectivity index (χ0n) is 15.8. The van der Waals surface area contributed by atoms with Crippen molar-refractivity contribution >= 4 is 21.1 Å². The van der Waals surface area contributed by atoms with Crippen molar-refractivity contribution < 1.29 is 13.2 Å². The Morgan fingerprint density at radius 2 is 1.71 bits per heavy atom. The molecular formula is C21H23N3O3S. The fourth-order valence-corrected chi connectivity index (χ4v) is 4.87. The molecule has 1 aromatic heterocycles. The molecule has 2 aromatic carbocycles. The highest BCUT2D eigenvalue weighted by atomic mass is 32.2. The zero-order chi connectivity index (χ0) is 19.6. The minimum atomic E-state index is -3.46. The molecule has 7 heteroatoms. The van der Waals surface area contributed by atoms with Crippen molar-refractivity contribution in [3.05, 3.63) is 60.3 Å². The first-order valence-corrected chi connectivity index (χ1v) is 11.0. The summed E-state index contributed by atoms with van der Waals surface area (Å²) in [6.45, 7) is 2.92. The monoisotopic (exact) mass is 397 g/mol. The van der Waals surface area contributed by atoms with Gasteiger partial charge in [-0.25, -0.2) is 18.4 Å². The number of aromatic nitrogens is 2. The first-order valence-electron chi connectivity index (χ1n) is 9.54. The number of hydrogen-bond acceptors (Lipinski definition) is 5. The van der Waals surface area contributed by atoms with Gasteiger partial charge in [0.25, 0.3) is 0 Å². The predicted molar refractivity (Wildman–Crippen MR) is 108 cm³/mol. The van der Waals surface area contributed by atoms with Crippen LogP contribution in [0.2, 0.25) is 0 Å². The topological polar surface area (TPSA) is 72.4 Å². The summed E-state index contributed by atoms with van der Waals surface area (Å²) >= 11 is 0. The molecule has 1 fully saturated rings. The largest absolute Gasteiger partial charge is 0.473 e. The number of sulfonamides is 1. The van der Waals surface area contributed by atoms with Gasteiger partial charge in [-0.05, 0) is 49.1 Å². The van der Waals surface area contributed by atoms with Crippen LogP contribution in [0.1, 0.15) is 25.3 Å². The van der Waals surface area contributed by atoms with Crippen LogP contribution < -0.4 is 4.74 Å². The summed E-state index contributed by atoms with van der Waals surface area (Å²) in [5.41, 5.74) is 2.74. The Morgan fingerprint density at radius 3 is 2.39 bits per heavy atom. The van der Waals surface area contributed by atoms with Crippen LogP contribution in [0, 0.1) is 0 Å². The fourth-order valence-electron chi connectivity index (χ4n) is 3.40. The van der Waals surface area contributed by atoms with E-state index in [0.29, 0.717) is 36.7 Å². The van der Waals surface area contributed by atoms with Gasteiger partial charge >= 0.3 is 0 Å². The third-order valence-electron chi connectivity index (χ3n) is 5.08. The average Bonchev–Trinajstić information content (AvgIpc) is 2.74. The molecule has 0 spiro atoms. The summed E-state index contributed by atoms with van der Waals surface area (Å²) in [5.74, 6) is 0.482. The van der Waals surface area contributed by atoms with E-state index in [1.807, 2.05) is 43.3 Å². The Labute approximate surface area is 165 Å². The van der Waals surface area contributed by atoms with Crippen molar-refractivity contribution in [3.63, 3.8) is 0 Å². The van der Waals surface area contributed by atoms with Crippen molar-refractivity contribution in [2.45, 2.75) is 37.2 Å². The molecule has 6 nitrogen and oxygen atoms in total. The molecule has 0 unspecified atom stereocenters. The molecule has 1 aliphatic rings. The predicted octanol–water partition coefficient (Wildman–Crippen LogP) is 3.42. The highest BCUT2D eigenvalue weighted by Gasteiger charge is 2.30. The third kappa shape index (κ3) is 3.86. The lowest BCUT2D eigenvalue weighted by molar-refractivity contribution is 0.130. The van der Waals surface area contributed by atoms with Crippen molar-refractivity contribution in [3.8, 4) is 5.88 Å². The van der Waals surface area contributed by atoms with Crippen LogP contribution in [0.3, 0.4) is 0 Å². The number of para-hydroxylation sites is 2. The molecule has 0 atom stereocenters. The van der Waals surface area contributed by atoms with Gasteiger partial charge in [0, 0.05) is 13.1 Å². The molecule has 4 rings (SSSR count). The standard InChI is InChI=1S/C21H23N3O3S/c1-2-16-7-9-18(10-8-16)28(25,26)24-13-11-17(12-14-24)27-21-15-22-19-5-3-4-6-20(19)23-21/h3-10,15,17H,2,11-14H2,1H3. The van der Waals surface area contributed by atoms with Gasteiger partial charge in [0.05, 0.1) is 22.1 Å². The summed E-state index contributed by atoms with van der Waals surface area (Å²) in [5, 5.41) is 0. The van der Waals surface area contributed by atoms with Gasteiger partial charge in [-0.15, -0.1) is 0 Å². The summed E-state index contributed by atoms with van der Waals surface area (Å²) in [4.78, 5) is 9.20. The van der Waals surface area contributed by atoms with E-state index in [-0.39, 0.29) is 6.10 Å². The van der Waals surface area contributed by atoms with Gasteiger partial charge in [-0.2, -0.15) is 4.31 Å². The molecule has 1 saturated heterocycles. The maximum absolute atomic E-state index is 12.9. The van der Waals surface area contributed by atoms with Crippen LogP contribution in [0.15, 0.2) is 59.6 Å². The molecule has 0 radical (unpaired) electrons. The van der Waals surface area contributed by atoms with Crippen LogP contribution in [-0.4, -0.2) is 41.9 Å². The first-order chi connectivity index (χ1) is 13.6. The number of ether oxygens (including phenoxy) is 1. The Morgan fingerprint density at radius 1 is 1.04 bits per heavy atom. The van der Waals surface area contributed by atoms with Gasteiger partial charge in [0.1, 0.15) is 6.10 Å². The molecule has 146 valence electrons. The van der Waals surface area contributed by atoms with Crippen LogP contribution >= 0.6 is 0 Å². The van der Waals surface area contributed by atoms with E-state index in [1.54, 1.807) is 22.6 Å². The Balaban J connectivity index is 1.40. The van der Waals surface area contributed by atoms with E-state index in [2.05, 4.69) is 9.97 Å². The number of aryl methyl sites for hydroxylation is 1. The van der Waals surface area contributed by atoms with Crippen LogP contribution in [0.4, 0.5) is 0 Å². The third-order valence-corrected chi connectivity index (χ3v) is 7.00. The minimum absolute atomic E-state index is 0.0654. The molecule has 0 amide bonds. The average molecular weight is 398 g/mol. The molecule has 0 bridgehead atoms. The summed E-state index contributed by atoms with van der Waals surface area (Å²) in [6, 6.07) is 14.8. The smallest absolute Gasteiger partial charge is 0.243 e. The first kappa shape index (κ1) is 18.8. The van der Waals surface area contributed by atoms with E-state index in [1.165, 1.54) is 0 Å². The van der Waals surface area contributed by atoms with Crippen LogP contribution in [0.25, 0.3) is 11.0 Å². The van der Waals surface area contributed by atoms with Crippen molar-refractivity contribution in [1.29, 1.82) is 0 Å². The molecule has 28 heavy (non-hydrogen) atoms. The highest BCUT2D eigenvalue weighted by Crippen LogP contribution is 2.24. The molecule has 3 aromatic rings. The fraction of sp³-hybridized carbons (Fsp3) is 0.333. The second kappa shape index (κ2) is 7.85. The van der Waals surface area contributed by atoms with Gasteiger partial charge in [-0.3, -0.25) is 0 Å². The van der Waals surface area contributed by atoms with Crippen molar-refractivity contribution in [2.75, 3.05) is 13.1 Å². The summed E-state index contributed by atoms with van der Waals surface area (Å²) < 4.78 is 33.2. The van der Waals surface area contributed by atoms with Gasteiger partial charge in [-0.1, -0.05) is 31.2 Å². The maximum atomic E-state index is 12.9. The quantitative estimate of drug-likeness (QED) is 0.660. The number of fused-ring (bicyclic) bond motifs is 1. The Kier molecular flexibility index (Phi) is 5.28. The lowest BCUT2D eigenvalue weighted by Gasteiger charge is -2.31. The zero-order valence-corrected chi connectivity index (χ0v) is 16.6. The van der Waals surface area contributed by atoms with E-state index in [0.717, 1.165) is 23.0 Å². The maximum Gasteiger partial charge on any atom is 0.243 e. The number of benzene rings is 2. The van der Waals surface area contributed by atoms with Crippen LogP contribution in [0.5, 0.6) is 5.88 Å². The van der Waals surface area contributed by atoms with Gasteiger partial charge < -0.3 is 4.74 Å². The molecule has 2 heterocycles. The molecule has 1 aliphatic heterocycles. The summed E-state index contributed by atoms with van der Waals surface area (Å²) in [6.07, 6.45) is 3.70. The van der Waals surface area contributed by atoms with E-state index >= 15 is 0 Å². The van der Waals surface area contributed by atoms with E-state index in [4.69, 9.17) is 4.74 Å². The molecular weight excluding hydrogens is 374 g/mol. The van der Waals surface area contributed by atoms with Crippen molar-refractivity contribution in [2.24, 2.45) is 0 Å². The van der Waals surface area contributed by atoms with E-state index in [9.17, 15) is 8.42 Å². The van der Waals surface area contributed by atoms with Crippen molar-refractivity contribution in [1.82, 2.24) is 14.3 Å². The lowest BCUT2D eigenvalue weighted by atomic mass is 10.1. The second-order valence-electron chi connectivity index (χ2n) is 6.92. The molecule has 0 saturated carbocycles. The highest BCUT2D eigenvalue weighted by molar-refractivity contribution is 7.89. The molecule has 0 N–H and O–H groups in total. The second-order valence-corrected chi connectivity index (χ2v) is 8.85. The van der Waals surface area contributed by atoms with E-state index < -0.39 is 10.0 Å². The number of hydrogen-bond donors (Lipinski definition) is 0. The van der Waals surface area contributed by atoms with Gasteiger partial charge in [0.2, 0.25) is 15.9 Å². The molecule has 0 aliphatic carbocycles. The number of nitrogens with zero attached hydrogens (tertiary/aromatic N) is 3. The lowest BCUT2D eigenvalue weighted by Crippen LogP contribution is -2.41. The number of piperidine rings is 1.